The Bertz CT molecular complexity index is 1040. The summed E-state index contributed by atoms with van der Waals surface area (Å²) in [7, 11) is 1.90. The number of rotatable bonds is 5. The van der Waals surface area contributed by atoms with Gasteiger partial charge in [0.2, 0.25) is 11.8 Å². The van der Waals surface area contributed by atoms with Gasteiger partial charge in [0.1, 0.15) is 5.82 Å². The van der Waals surface area contributed by atoms with Crippen LogP contribution in [0.1, 0.15) is 61.3 Å². The monoisotopic (exact) mass is 448 g/mol. The number of anilines is 2. The Morgan fingerprint density at radius 2 is 1.91 bits per heavy atom. The lowest BCUT2D eigenvalue weighted by Crippen LogP contribution is -2.33. The molecule has 174 valence electrons. The van der Waals surface area contributed by atoms with Gasteiger partial charge in [0.25, 0.3) is 0 Å². The van der Waals surface area contributed by atoms with Crippen molar-refractivity contribution >= 4 is 23.3 Å². The SMILES string of the molecule is CNc1nc(C2CCCN2C(C)=O)nc2c1CN(Cc1ccc(N3CCCC3=O)cc1)CC2. The van der Waals surface area contributed by atoms with Crippen molar-refractivity contribution in [1.82, 2.24) is 19.8 Å². The van der Waals surface area contributed by atoms with Gasteiger partial charge in [-0.25, -0.2) is 9.97 Å². The van der Waals surface area contributed by atoms with Gasteiger partial charge in [0, 0.05) is 70.8 Å². The van der Waals surface area contributed by atoms with Crippen LogP contribution in [-0.4, -0.2) is 58.3 Å². The van der Waals surface area contributed by atoms with Crippen LogP contribution < -0.4 is 10.2 Å². The van der Waals surface area contributed by atoms with Crippen LogP contribution >= 0.6 is 0 Å². The molecule has 8 nitrogen and oxygen atoms in total. The number of fused-ring (bicyclic) bond motifs is 1. The maximum Gasteiger partial charge on any atom is 0.227 e. The Kier molecular flexibility index (Phi) is 6.01. The van der Waals surface area contributed by atoms with E-state index in [2.05, 4.69) is 34.5 Å². The second-order valence-electron chi connectivity index (χ2n) is 9.25. The van der Waals surface area contributed by atoms with Gasteiger partial charge < -0.3 is 15.1 Å². The maximum absolute atomic E-state index is 12.0. The molecule has 5 rings (SSSR count). The molecule has 3 aliphatic rings. The molecule has 3 aliphatic heterocycles. The second kappa shape index (κ2) is 9.09. The molecule has 2 amide bonds. The largest absolute Gasteiger partial charge is 0.373 e. The van der Waals surface area contributed by atoms with Gasteiger partial charge in [0.05, 0.1) is 11.7 Å². The highest BCUT2D eigenvalue weighted by atomic mass is 16.2. The van der Waals surface area contributed by atoms with Gasteiger partial charge in [-0.05, 0) is 37.0 Å². The molecule has 2 saturated heterocycles. The lowest BCUT2D eigenvalue weighted by Gasteiger charge is -2.31. The third kappa shape index (κ3) is 4.31. The van der Waals surface area contributed by atoms with Gasteiger partial charge >= 0.3 is 0 Å². The summed E-state index contributed by atoms with van der Waals surface area (Å²) in [6.07, 6.45) is 4.39. The summed E-state index contributed by atoms with van der Waals surface area (Å²) in [4.78, 5) is 40.0. The molecular formula is C25H32N6O2. The second-order valence-corrected chi connectivity index (χ2v) is 9.25. The van der Waals surface area contributed by atoms with Crippen LogP contribution in [0.3, 0.4) is 0 Å². The lowest BCUT2D eigenvalue weighted by molar-refractivity contribution is -0.129. The molecule has 0 radical (unpaired) electrons. The predicted molar refractivity (Wildman–Crippen MR) is 127 cm³/mol. The first-order valence-electron chi connectivity index (χ1n) is 12.0. The van der Waals surface area contributed by atoms with Crippen LogP contribution in [0.5, 0.6) is 0 Å². The number of hydrogen-bond acceptors (Lipinski definition) is 6. The zero-order valence-electron chi connectivity index (χ0n) is 19.5. The quantitative estimate of drug-likeness (QED) is 0.758. The summed E-state index contributed by atoms with van der Waals surface area (Å²) in [5.74, 6) is 1.96. The van der Waals surface area contributed by atoms with Gasteiger partial charge in [-0.2, -0.15) is 0 Å². The minimum atomic E-state index is -0.0149. The van der Waals surface area contributed by atoms with Crippen molar-refractivity contribution in [3.63, 3.8) is 0 Å². The van der Waals surface area contributed by atoms with E-state index in [9.17, 15) is 9.59 Å². The van der Waals surface area contributed by atoms with E-state index in [1.54, 1.807) is 6.92 Å². The third-order valence-electron chi connectivity index (χ3n) is 7.08. The van der Waals surface area contributed by atoms with E-state index in [0.29, 0.717) is 6.42 Å². The first-order chi connectivity index (χ1) is 16.0. The van der Waals surface area contributed by atoms with Crippen molar-refractivity contribution in [3.8, 4) is 0 Å². The van der Waals surface area contributed by atoms with Crippen LogP contribution in [0.25, 0.3) is 0 Å². The number of carbonyl (C=O) groups is 2. The van der Waals surface area contributed by atoms with Crippen LogP contribution in [0.15, 0.2) is 24.3 Å². The zero-order valence-corrected chi connectivity index (χ0v) is 19.5. The van der Waals surface area contributed by atoms with E-state index in [1.165, 1.54) is 5.56 Å². The first-order valence-corrected chi connectivity index (χ1v) is 12.0. The highest BCUT2D eigenvalue weighted by Gasteiger charge is 2.32. The molecule has 0 aliphatic carbocycles. The number of carbonyl (C=O) groups excluding carboxylic acids is 2. The fourth-order valence-electron chi connectivity index (χ4n) is 5.35. The Hall–Kier alpha value is -3.00. The highest BCUT2D eigenvalue weighted by Crippen LogP contribution is 2.33. The molecule has 0 bridgehead atoms. The van der Waals surface area contributed by atoms with Crippen molar-refractivity contribution in [2.24, 2.45) is 0 Å². The van der Waals surface area contributed by atoms with Crippen molar-refractivity contribution in [1.29, 1.82) is 0 Å². The van der Waals surface area contributed by atoms with E-state index in [-0.39, 0.29) is 17.9 Å². The number of nitrogens with one attached hydrogen (secondary N) is 1. The molecule has 1 atom stereocenters. The van der Waals surface area contributed by atoms with E-state index in [0.717, 1.165) is 87.0 Å². The summed E-state index contributed by atoms with van der Waals surface area (Å²) in [6, 6.07) is 8.37. The van der Waals surface area contributed by atoms with E-state index in [1.807, 2.05) is 16.8 Å². The molecule has 1 aromatic carbocycles. The van der Waals surface area contributed by atoms with Crippen molar-refractivity contribution in [3.05, 3.63) is 46.9 Å². The minimum Gasteiger partial charge on any atom is -0.373 e. The molecule has 2 aromatic rings. The van der Waals surface area contributed by atoms with E-state index >= 15 is 0 Å². The number of benzene rings is 1. The van der Waals surface area contributed by atoms with E-state index < -0.39 is 0 Å². The van der Waals surface area contributed by atoms with Crippen molar-refractivity contribution < 1.29 is 9.59 Å². The first kappa shape index (κ1) is 21.8. The van der Waals surface area contributed by atoms with Crippen molar-refractivity contribution in [2.75, 3.05) is 36.9 Å². The highest BCUT2D eigenvalue weighted by molar-refractivity contribution is 5.95. The smallest absolute Gasteiger partial charge is 0.227 e. The Balaban J connectivity index is 1.30. The van der Waals surface area contributed by atoms with Gasteiger partial charge in [-0.15, -0.1) is 0 Å². The zero-order chi connectivity index (χ0) is 22.9. The molecule has 8 heteroatoms. The molecule has 33 heavy (non-hydrogen) atoms. The molecule has 0 spiro atoms. The normalized spacial score (nSPS) is 20.9. The summed E-state index contributed by atoms with van der Waals surface area (Å²) < 4.78 is 0. The van der Waals surface area contributed by atoms with Crippen LogP contribution in [0, 0.1) is 0 Å². The van der Waals surface area contributed by atoms with Gasteiger partial charge in [-0.1, -0.05) is 12.1 Å². The molecule has 1 unspecified atom stereocenters. The average molecular weight is 449 g/mol. The molecule has 1 aromatic heterocycles. The Morgan fingerprint density at radius 1 is 1.09 bits per heavy atom. The summed E-state index contributed by atoms with van der Waals surface area (Å²) in [5.41, 5.74) is 4.48. The number of amides is 2. The molecule has 0 saturated carbocycles. The standard InChI is InChI=1S/C25H32N6O2/c1-17(32)30-12-3-5-22(30)25-27-21-11-14-29(16-20(21)24(26-2)28-25)15-18-7-9-19(10-8-18)31-13-4-6-23(31)33/h7-10,22H,3-6,11-16H2,1-2H3,(H,26,27,28). The van der Waals surface area contributed by atoms with E-state index in [4.69, 9.17) is 9.97 Å². The maximum atomic E-state index is 12.0. The van der Waals surface area contributed by atoms with Crippen molar-refractivity contribution in [2.45, 2.75) is 58.2 Å². The fourth-order valence-corrected chi connectivity index (χ4v) is 5.35. The Labute approximate surface area is 195 Å². The summed E-state index contributed by atoms with van der Waals surface area (Å²) in [5, 5.41) is 3.27. The number of aromatic nitrogens is 2. The molecular weight excluding hydrogens is 416 g/mol. The van der Waals surface area contributed by atoms with Crippen LogP contribution in [0.2, 0.25) is 0 Å². The van der Waals surface area contributed by atoms with Crippen LogP contribution in [0.4, 0.5) is 11.5 Å². The fraction of sp³-hybridized carbons (Fsp3) is 0.520. The molecule has 1 N–H and O–H groups in total. The van der Waals surface area contributed by atoms with Gasteiger partial charge in [0.15, 0.2) is 5.82 Å². The van der Waals surface area contributed by atoms with Gasteiger partial charge in [-0.3, -0.25) is 14.5 Å². The Morgan fingerprint density at radius 3 is 2.61 bits per heavy atom. The summed E-state index contributed by atoms with van der Waals surface area (Å²) in [6.45, 7) is 5.80. The van der Waals surface area contributed by atoms with Crippen LogP contribution in [-0.2, 0) is 29.1 Å². The lowest BCUT2D eigenvalue weighted by atomic mass is 10.0. The number of likely N-dealkylation sites (tertiary alicyclic amines) is 1. The number of nitrogens with zero attached hydrogens (tertiary/aromatic N) is 5. The predicted octanol–water partition coefficient (Wildman–Crippen LogP) is 2.89. The summed E-state index contributed by atoms with van der Waals surface area (Å²) >= 11 is 0. The molecule has 2 fully saturated rings. The number of hydrogen-bond donors (Lipinski definition) is 1. The minimum absolute atomic E-state index is 0.0149. The average Bonchev–Trinajstić information content (AvgIpc) is 3.48. The topological polar surface area (TPSA) is 81.7 Å². The third-order valence-corrected chi connectivity index (χ3v) is 7.08. The molecule has 4 heterocycles.